The zero-order valence-electron chi connectivity index (χ0n) is 26.7. The Kier molecular flexibility index (Phi) is 11.2. The van der Waals surface area contributed by atoms with E-state index in [9.17, 15) is 18.0 Å². The number of carbonyl (C=O) groups excluding carboxylic acids is 2. The van der Waals surface area contributed by atoms with E-state index in [1.165, 1.54) is 21.3 Å². The molecule has 4 aromatic carbocycles. The van der Waals surface area contributed by atoms with Crippen molar-refractivity contribution in [3.05, 3.63) is 131 Å². The lowest BCUT2D eigenvalue weighted by Crippen LogP contribution is -2.53. The summed E-state index contributed by atoms with van der Waals surface area (Å²) in [5, 5.41) is 3.03. The normalized spacial score (nSPS) is 12.0. The minimum Gasteiger partial charge on any atom is -0.354 e. The van der Waals surface area contributed by atoms with E-state index in [4.69, 9.17) is 0 Å². The van der Waals surface area contributed by atoms with Gasteiger partial charge in [0.25, 0.3) is 10.0 Å². The predicted molar refractivity (Wildman–Crippen MR) is 180 cm³/mol. The molecule has 0 spiro atoms. The number of sulfonamides is 1. The second-order valence-corrected chi connectivity index (χ2v) is 13.8. The van der Waals surface area contributed by atoms with Gasteiger partial charge in [-0.3, -0.25) is 13.9 Å². The fraction of sp³-hybridized carbons (Fsp3) is 0.297. The molecule has 8 heteroatoms. The fourth-order valence-corrected chi connectivity index (χ4v) is 6.70. The van der Waals surface area contributed by atoms with Crippen molar-refractivity contribution in [3.8, 4) is 0 Å². The van der Waals surface area contributed by atoms with Crippen molar-refractivity contribution < 1.29 is 18.0 Å². The number of hydrogen-bond donors (Lipinski definition) is 1. The predicted octanol–water partition coefficient (Wildman–Crippen LogP) is 6.22. The van der Waals surface area contributed by atoms with E-state index in [-0.39, 0.29) is 29.7 Å². The Balaban J connectivity index is 1.82. The van der Waals surface area contributed by atoms with Gasteiger partial charge >= 0.3 is 0 Å². The van der Waals surface area contributed by atoms with Gasteiger partial charge < -0.3 is 10.2 Å². The Bertz CT molecular complexity index is 1710. The van der Waals surface area contributed by atoms with Gasteiger partial charge in [0.15, 0.2) is 0 Å². The lowest BCUT2D eigenvalue weighted by atomic mass is 10.0. The van der Waals surface area contributed by atoms with Gasteiger partial charge in [-0.25, -0.2) is 8.42 Å². The molecule has 4 aromatic rings. The molecule has 0 aliphatic heterocycles. The van der Waals surface area contributed by atoms with Crippen LogP contribution in [0.2, 0.25) is 0 Å². The maximum absolute atomic E-state index is 14.6. The second-order valence-electron chi connectivity index (χ2n) is 12.0. The number of nitrogens with one attached hydrogen (secondary N) is 1. The first-order valence-corrected chi connectivity index (χ1v) is 16.7. The third kappa shape index (κ3) is 8.82. The van der Waals surface area contributed by atoms with Crippen molar-refractivity contribution in [1.82, 2.24) is 10.2 Å². The van der Waals surface area contributed by atoms with E-state index in [2.05, 4.69) is 5.32 Å². The second kappa shape index (κ2) is 15.0. The number of benzene rings is 4. The maximum atomic E-state index is 14.6. The molecule has 7 nitrogen and oxygen atoms in total. The van der Waals surface area contributed by atoms with Crippen LogP contribution < -0.4 is 9.62 Å². The summed E-state index contributed by atoms with van der Waals surface area (Å²) in [4.78, 5) is 30.1. The van der Waals surface area contributed by atoms with Crippen LogP contribution in [0.5, 0.6) is 0 Å². The number of anilines is 1. The van der Waals surface area contributed by atoms with Crippen LogP contribution in [0.15, 0.2) is 108 Å². The van der Waals surface area contributed by atoms with Crippen molar-refractivity contribution in [2.24, 2.45) is 5.92 Å². The van der Waals surface area contributed by atoms with Crippen molar-refractivity contribution in [1.29, 1.82) is 0 Å². The largest absolute Gasteiger partial charge is 0.354 e. The van der Waals surface area contributed by atoms with E-state index in [1.807, 2.05) is 101 Å². The highest BCUT2D eigenvalue weighted by molar-refractivity contribution is 7.92. The molecule has 1 atom stereocenters. The summed E-state index contributed by atoms with van der Waals surface area (Å²) in [5.74, 6) is -0.543. The van der Waals surface area contributed by atoms with Crippen LogP contribution in [0.1, 0.15) is 41.7 Å². The zero-order valence-corrected chi connectivity index (χ0v) is 27.6. The van der Waals surface area contributed by atoms with Gasteiger partial charge in [0, 0.05) is 19.5 Å². The van der Waals surface area contributed by atoms with Crippen molar-refractivity contribution in [3.63, 3.8) is 0 Å². The minimum atomic E-state index is -4.14. The summed E-state index contributed by atoms with van der Waals surface area (Å²) >= 11 is 0. The molecule has 1 unspecified atom stereocenters. The highest BCUT2D eigenvalue weighted by Gasteiger charge is 2.35. The molecule has 0 bridgehead atoms. The molecule has 0 saturated heterocycles. The molecule has 45 heavy (non-hydrogen) atoms. The molecular formula is C37H43N3O4S. The van der Waals surface area contributed by atoms with E-state index in [1.54, 1.807) is 24.3 Å². The Morgan fingerprint density at radius 1 is 0.756 bits per heavy atom. The average molecular weight is 626 g/mol. The van der Waals surface area contributed by atoms with Crippen LogP contribution in [-0.4, -0.2) is 44.3 Å². The highest BCUT2D eigenvalue weighted by Crippen LogP contribution is 2.29. The molecule has 236 valence electrons. The number of carbonyl (C=O) groups is 2. The minimum absolute atomic E-state index is 0.0828. The SMILES string of the molecule is Cc1cccc(CN(C(=O)CN(c2cc(C)ccc2C)S(=O)(=O)c2ccccc2)C(Cc2ccccc2)C(=O)NCC(C)C)c1. The van der Waals surface area contributed by atoms with Gasteiger partial charge in [-0.2, -0.15) is 0 Å². The Morgan fingerprint density at radius 2 is 1.38 bits per heavy atom. The van der Waals surface area contributed by atoms with Crippen LogP contribution in [-0.2, 0) is 32.6 Å². The molecule has 0 radical (unpaired) electrons. The number of hydrogen-bond acceptors (Lipinski definition) is 4. The summed E-state index contributed by atoms with van der Waals surface area (Å²) in [7, 11) is -4.14. The van der Waals surface area contributed by atoms with Crippen LogP contribution >= 0.6 is 0 Å². The first kappa shape index (κ1) is 33.5. The summed E-state index contributed by atoms with van der Waals surface area (Å²) in [6, 6.07) is 30.2. The van der Waals surface area contributed by atoms with Gasteiger partial charge in [-0.15, -0.1) is 0 Å². The van der Waals surface area contributed by atoms with E-state index in [0.29, 0.717) is 17.8 Å². The molecule has 0 heterocycles. The number of nitrogens with zero attached hydrogens (tertiary/aromatic N) is 2. The molecule has 0 aromatic heterocycles. The van der Waals surface area contributed by atoms with Gasteiger partial charge in [-0.05, 0) is 67.1 Å². The molecular weight excluding hydrogens is 582 g/mol. The van der Waals surface area contributed by atoms with E-state index in [0.717, 1.165) is 22.3 Å². The lowest BCUT2D eigenvalue weighted by molar-refractivity contribution is -0.140. The zero-order chi connectivity index (χ0) is 32.6. The number of aryl methyl sites for hydroxylation is 3. The van der Waals surface area contributed by atoms with Crippen LogP contribution in [0.25, 0.3) is 0 Å². The highest BCUT2D eigenvalue weighted by atomic mass is 32.2. The standard InChI is InChI=1S/C37H43N3O4S/c1-27(2)24-38-37(42)35(23-31-14-8-6-9-15-31)39(25-32-16-12-13-28(3)21-32)36(41)26-40(34-22-29(4)19-20-30(34)5)45(43,44)33-17-10-7-11-18-33/h6-22,27,35H,23-26H2,1-5H3,(H,38,42). The topological polar surface area (TPSA) is 86.8 Å². The first-order chi connectivity index (χ1) is 21.5. The molecule has 1 N–H and O–H groups in total. The molecule has 0 aliphatic carbocycles. The van der Waals surface area contributed by atoms with Gasteiger partial charge in [0.05, 0.1) is 10.6 Å². The molecule has 2 amide bonds. The van der Waals surface area contributed by atoms with Crippen LogP contribution in [0.3, 0.4) is 0 Å². The summed E-state index contributed by atoms with van der Waals surface area (Å²) in [6.45, 7) is 9.83. The smallest absolute Gasteiger partial charge is 0.264 e. The Morgan fingerprint density at radius 3 is 2.02 bits per heavy atom. The number of rotatable bonds is 13. The molecule has 4 rings (SSSR count). The van der Waals surface area contributed by atoms with Crippen molar-refractivity contribution in [2.75, 3.05) is 17.4 Å². The molecule has 0 aliphatic rings. The van der Waals surface area contributed by atoms with Crippen LogP contribution in [0.4, 0.5) is 5.69 Å². The average Bonchev–Trinajstić information content (AvgIpc) is 3.02. The molecule has 0 saturated carbocycles. The van der Waals surface area contributed by atoms with Crippen molar-refractivity contribution >= 4 is 27.5 Å². The third-order valence-electron chi connectivity index (χ3n) is 7.63. The lowest BCUT2D eigenvalue weighted by Gasteiger charge is -2.34. The quantitative estimate of drug-likeness (QED) is 0.191. The van der Waals surface area contributed by atoms with Gasteiger partial charge in [-0.1, -0.05) is 104 Å². The molecule has 0 fully saturated rings. The fourth-order valence-electron chi connectivity index (χ4n) is 5.20. The van der Waals surface area contributed by atoms with Gasteiger partial charge in [0.2, 0.25) is 11.8 Å². The number of amides is 2. The summed E-state index contributed by atoms with van der Waals surface area (Å²) < 4.78 is 29.6. The monoisotopic (exact) mass is 625 g/mol. The van der Waals surface area contributed by atoms with Crippen molar-refractivity contribution in [2.45, 2.75) is 58.5 Å². The third-order valence-corrected chi connectivity index (χ3v) is 9.41. The Hall–Kier alpha value is -4.43. The van der Waals surface area contributed by atoms with Gasteiger partial charge in [0.1, 0.15) is 12.6 Å². The van der Waals surface area contributed by atoms with E-state index < -0.39 is 28.5 Å². The summed E-state index contributed by atoms with van der Waals surface area (Å²) in [6.07, 6.45) is 0.275. The Labute approximate surface area is 268 Å². The maximum Gasteiger partial charge on any atom is 0.264 e. The van der Waals surface area contributed by atoms with Crippen LogP contribution in [0, 0.1) is 26.7 Å². The summed E-state index contributed by atoms with van der Waals surface area (Å²) in [5.41, 5.74) is 4.77. The van der Waals surface area contributed by atoms with E-state index >= 15 is 0 Å². The first-order valence-electron chi connectivity index (χ1n) is 15.3.